The molecule has 0 aliphatic carbocycles. The zero-order valence-corrected chi connectivity index (χ0v) is 14.4. The molecule has 0 fully saturated rings. The molecule has 0 unspecified atom stereocenters. The van der Waals surface area contributed by atoms with Crippen LogP contribution in [-0.4, -0.2) is 9.97 Å². The molecule has 2 aromatic carbocycles. The quantitative estimate of drug-likeness (QED) is 0.679. The molecule has 0 bridgehead atoms. The number of halogens is 1. The van der Waals surface area contributed by atoms with Crippen molar-refractivity contribution in [1.82, 2.24) is 9.97 Å². The molecule has 2 N–H and O–H groups in total. The molecular formula is C19H19ClN4. The van der Waals surface area contributed by atoms with Crippen LogP contribution in [0.4, 0.5) is 17.3 Å². The lowest BCUT2D eigenvalue weighted by atomic mass is 10.2. The van der Waals surface area contributed by atoms with E-state index in [-0.39, 0.29) is 0 Å². The Balaban J connectivity index is 1.72. The van der Waals surface area contributed by atoms with Gasteiger partial charge >= 0.3 is 0 Å². The van der Waals surface area contributed by atoms with E-state index in [9.17, 15) is 0 Å². The van der Waals surface area contributed by atoms with Gasteiger partial charge in [0.15, 0.2) is 0 Å². The highest BCUT2D eigenvalue weighted by Crippen LogP contribution is 2.19. The van der Waals surface area contributed by atoms with Crippen LogP contribution in [0.25, 0.3) is 0 Å². The molecular weight excluding hydrogens is 320 g/mol. The lowest BCUT2D eigenvalue weighted by Gasteiger charge is -2.11. The molecule has 0 spiro atoms. The van der Waals surface area contributed by atoms with Crippen molar-refractivity contribution < 1.29 is 0 Å². The van der Waals surface area contributed by atoms with Crippen molar-refractivity contribution in [3.63, 3.8) is 0 Å². The lowest BCUT2D eigenvalue weighted by molar-refractivity contribution is 1.03. The molecule has 0 saturated carbocycles. The summed E-state index contributed by atoms with van der Waals surface area (Å²) in [6.07, 6.45) is 0. The van der Waals surface area contributed by atoms with Crippen LogP contribution in [0.5, 0.6) is 0 Å². The van der Waals surface area contributed by atoms with Gasteiger partial charge in [0.1, 0.15) is 17.5 Å². The maximum atomic E-state index is 5.91. The zero-order valence-electron chi connectivity index (χ0n) is 13.7. The van der Waals surface area contributed by atoms with Crippen LogP contribution in [0, 0.1) is 13.8 Å². The summed E-state index contributed by atoms with van der Waals surface area (Å²) in [6, 6.07) is 17.9. The Hall–Kier alpha value is -2.59. The molecule has 0 atom stereocenters. The van der Waals surface area contributed by atoms with Gasteiger partial charge in [-0.05, 0) is 49.2 Å². The number of nitrogens with one attached hydrogen (secondary N) is 2. The summed E-state index contributed by atoms with van der Waals surface area (Å²) in [6.45, 7) is 4.63. The molecule has 1 aromatic heterocycles. The van der Waals surface area contributed by atoms with Crippen molar-refractivity contribution in [2.24, 2.45) is 0 Å². The van der Waals surface area contributed by atoms with Crippen LogP contribution in [0.3, 0.4) is 0 Å². The van der Waals surface area contributed by atoms with Crippen molar-refractivity contribution in [3.05, 3.63) is 76.6 Å². The minimum absolute atomic E-state index is 0.678. The summed E-state index contributed by atoms with van der Waals surface area (Å²) in [4.78, 5) is 8.88. The molecule has 3 aromatic rings. The Morgan fingerprint density at radius 1 is 0.917 bits per heavy atom. The average molecular weight is 339 g/mol. The van der Waals surface area contributed by atoms with Crippen molar-refractivity contribution in [3.8, 4) is 0 Å². The number of aromatic nitrogens is 2. The van der Waals surface area contributed by atoms with E-state index in [1.54, 1.807) is 0 Å². The topological polar surface area (TPSA) is 49.8 Å². The molecule has 122 valence electrons. The van der Waals surface area contributed by atoms with Gasteiger partial charge in [-0.15, -0.1) is 0 Å². The summed E-state index contributed by atoms with van der Waals surface area (Å²) in [5.74, 6) is 2.27. The zero-order chi connectivity index (χ0) is 16.9. The lowest BCUT2D eigenvalue weighted by Crippen LogP contribution is -2.05. The first-order chi connectivity index (χ1) is 11.6. The Morgan fingerprint density at radius 2 is 1.67 bits per heavy atom. The van der Waals surface area contributed by atoms with Crippen molar-refractivity contribution >= 4 is 28.9 Å². The van der Waals surface area contributed by atoms with Crippen LogP contribution >= 0.6 is 11.6 Å². The highest BCUT2D eigenvalue weighted by Gasteiger charge is 2.03. The standard InChI is InChI=1S/C19H19ClN4/c1-13-4-3-5-17(10-13)24-19-11-18(22-14(2)23-19)21-12-15-6-8-16(20)9-7-15/h3-11H,12H2,1-2H3,(H2,21,22,23,24). The molecule has 0 saturated heterocycles. The maximum absolute atomic E-state index is 5.91. The van der Waals surface area contributed by atoms with Gasteiger partial charge in [0, 0.05) is 23.3 Å². The van der Waals surface area contributed by atoms with Crippen LogP contribution in [0.1, 0.15) is 17.0 Å². The molecule has 3 rings (SSSR count). The molecule has 0 radical (unpaired) electrons. The van der Waals surface area contributed by atoms with Crippen molar-refractivity contribution in [1.29, 1.82) is 0 Å². The average Bonchev–Trinajstić information content (AvgIpc) is 2.54. The first kappa shape index (κ1) is 16.3. The van der Waals surface area contributed by atoms with E-state index in [0.717, 1.165) is 27.9 Å². The van der Waals surface area contributed by atoms with Crippen molar-refractivity contribution in [2.45, 2.75) is 20.4 Å². The number of benzene rings is 2. The predicted octanol–water partition coefficient (Wildman–Crippen LogP) is 5.10. The summed E-state index contributed by atoms with van der Waals surface area (Å²) < 4.78 is 0. The van der Waals surface area contributed by atoms with Gasteiger partial charge in [-0.1, -0.05) is 35.9 Å². The predicted molar refractivity (Wildman–Crippen MR) is 100 cm³/mol. The van der Waals surface area contributed by atoms with Gasteiger partial charge in [-0.3, -0.25) is 0 Å². The Morgan fingerprint density at radius 3 is 2.42 bits per heavy atom. The van der Waals surface area contributed by atoms with E-state index < -0.39 is 0 Å². The van der Waals surface area contributed by atoms with Gasteiger partial charge in [0.25, 0.3) is 0 Å². The highest BCUT2D eigenvalue weighted by molar-refractivity contribution is 6.30. The second kappa shape index (κ2) is 7.32. The monoisotopic (exact) mass is 338 g/mol. The fourth-order valence-corrected chi connectivity index (χ4v) is 2.51. The van der Waals surface area contributed by atoms with Gasteiger partial charge < -0.3 is 10.6 Å². The van der Waals surface area contributed by atoms with Crippen molar-refractivity contribution in [2.75, 3.05) is 10.6 Å². The smallest absolute Gasteiger partial charge is 0.136 e. The normalized spacial score (nSPS) is 10.5. The number of rotatable bonds is 5. The van der Waals surface area contributed by atoms with Gasteiger partial charge in [-0.2, -0.15) is 0 Å². The number of aryl methyl sites for hydroxylation is 2. The largest absolute Gasteiger partial charge is 0.366 e. The molecule has 1 heterocycles. The van der Waals surface area contributed by atoms with Gasteiger partial charge in [-0.25, -0.2) is 9.97 Å². The number of nitrogens with zero attached hydrogens (tertiary/aromatic N) is 2. The number of anilines is 3. The summed E-state index contributed by atoms with van der Waals surface area (Å²) in [7, 11) is 0. The van der Waals surface area contributed by atoms with Gasteiger partial charge in [0.05, 0.1) is 0 Å². The molecule has 0 amide bonds. The minimum atomic E-state index is 0.678. The van der Waals surface area contributed by atoms with E-state index in [4.69, 9.17) is 11.6 Å². The summed E-state index contributed by atoms with van der Waals surface area (Å²) >= 11 is 5.91. The SMILES string of the molecule is Cc1cccc(Nc2cc(NCc3ccc(Cl)cc3)nc(C)n2)c1. The van der Waals surface area contributed by atoms with E-state index in [2.05, 4.69) is 39.7 Å². The number of hydrogen-bond donors (Lipinski definition) is 2. The van der Waals surface area contributed by atoms with E-state index in [0.29, 0.717) is 12.4 Å². The van der Waals surface area contributed by atoms with E-state index in [1.807, 2.05) is 49.4 Å². The van der Waals surface area contributed by atoms with Crippen LogP contribution in [0.15, 0.2) is 54.6 Å². The summed E-state index contributed by atoms with van der Waals surface area (Å²) in [5.41, 5.74) is 3.35. The molecule has 0 aliphatic rings. The van der Waals surface area contributed by atoms with Crippen LogP contribution in [-0.2, 0) is 6.54 Å². The summed E-state index contributed by atoms with van der Waals surface area (Å²) in [5, 5.41) is 7.38. The highest BCUT2D eigenvalue weighted by atomic mass is 35.5. The second-order valence-corrected chi connectivity index (χ2v) is 6.10. The first-order valence-electron chi connectivity index (χ1n) is 7.76. The third-order valence-corrected chi connectivity index (χ3v) is 3.77. The fraction of sp³-hybridized carbons (Fsp3) is 0.158. The molecule has 0 aliphatic heterocycles. The van der Waals surface area contributed by atoms with E-state index >= 15 is 0 Å². The van der Waals surface area contributed by atoms with Crippen LogP contribution in [0.2, 0.25) is 5.02 Å². The molecule has 24 heavy (non-hydrogen) atoms. The Labute approximate surface area is 146 Å². The van der Waals surface area contributed by atoms with E-state index in [1.165, 1.54) is 5.56 Å². The molecule has 5 heteroatoms. The second-order valence-electron chi connectivity index (χ2n) is 5.66. The Kier molecular flexibility index (Phi) is 4.96. The Bertz CT molecular complexity index is 831. The number of hydrogen-bond acceptors (Lipinski definition) is 4. The third-order valence-electron chi connectivity index (χ3n) is 3.52. The third kappa shape index (κ3) is 4.46. The molecule has 4 nitrogen and oxygen atoms in total. The first-order valence-corrected chi connectivity index (χ1v) is 8.14. The van der Waals surface area contributed by atoms with Crippen LogP contribution < -0.4 is 10.6 Å². The maximum Gasteiger partial charge on any atom is 0.136 e. The van der Waals surface area contributed by atoms with Gasteiger partial charge in [0.2, 0.25) is 0 Å². The minimum Gasteiger partial charge on any atom is -0.366 e. The fourth-order valence-electron chi connectivity index (χ4n) is 2.39.